The third kappa shape index (κ3) is 4.52. The molecular formula is C15H25N5O3. The van der Waals surface area contributed by atoms with Crippen LogP contribution in [0.5, 0.6) is 0 Å². The van der Waals surface area contributed by atoms with Crippen LogP contribution < -0.4 is 5.32 Å². The first-order chi connectivity index (χ1) is 11.0. The largest absolute Gasteiger partial charge is 0.383 e. The molecule has 0 spiro atoms. The van der Waals surface area contributed by atoms with Gasteiger partial charge in [-0.05, 0) is 20.2 Å². The Hall–Kier alpha value is -1.93. The van der Waals surface area contributed by atoms with E-state index >= 15 is 0 Å². The molecule has 0 saturated heterocycles. The summed E-state index contributed by atoms with van der Waals surface area (Å²) in [5.41, 5.74) is 0.876. The van der Waals surface area contributed by atoms with Crippen LogP contribution in [0.3, 0.4) is 0 Å². The molecule has 2 rings (SSSR count). The number of rotatable bonds is 7. The fraction of sp³-hybridized carbons (Fsp3) is 0.667. The molecule has 2 heterocycles. The van der Waals surface area contributed by atoms with Crippen LogP contribution in [0.1, 0.15) is 18.2 Å². The number of nitrogens with zero attached hydrogens (tertiary/aromatic N) is 4. The zero-order valence-electron chi connectivity index (χ0n) is 14.0. The van der Waals surface area contributed by atoms with Gasteiger partial charge in [-0.15, -0.1) is 0 Å². The summed E-state index contributed by atoms with van der Waals surface area (Å²) in [5.74, 6) is -0.0852. The molecule has 1 N–H and O–H groups in total. The van der Waals surface area contributed by atoms with Gasteiger partial charge in [-0.2, -0.15) is 5.10 Å². The number of hydrogen-bond donors (Lipinski definition) is 1. The van der Waals surface area contributed by atoms with Gasteiger partial charge >= 0.3 is 0 Å². The Kier molecular flexibility index (Phi) is 6.12. The van der Waals surface area contributed by atoms with Crippen LogP contribution in [-0.4, -0.2) is 78.8 Å². The first-order valence-electron chi connectivity index (χ1n) is 7.74. The molecule has 1 unspecified atom stereocenters. The number of nitrogens with one attached hydrogen (secondary N) is 1. The molecule has 1 atom stereocenters. The fourth-order valence-electron chi connectivity index (χ4n) is 2.55. The number of fused-ring (bicyclic) bond motifs is 1. The second kappa shape index (κ2) is 8.07. The standard InChI is InChI=1S/C15H25N5O3/c1-18(2)8-5-14(21)19-10-12-4-6-17-20(12)13(11-19)15(22)16-7-9-23-3/h4,6,13H,5,7-11H2,1-3H3,(H,16,22). The van der Waals surface area contributed by atoms with Crippen LogP contribution in [0.15, 0.2) is 12.3 Å². The van der Waals surface area contributed by atoms with E-state index in [0.29, 0.717) is 39.2 Å². The smallest absolute Gasteiger partial charge is 0.246 e. The fourth-order valence-corrected chi connectivity index (χ4v) is 2.55. The third-order valence-corrected chi connectivity index (χ3v) is 3.83. The molecule has 1 aliphatic heterocycles. The Morgan fingerprint density at radius 2 is 2.26 bits per heavy atom. The maximum atomic E-state index is 12.4. The van der Waals surface area contributed by atoms with Gasteiger partial charge in [-0.25, -0.2) is 0 Å². The van der Waals surface area contributed by atoms with E-state index in [1.165, 1.54) is 0 Å². The molecule has 2 amide bonds. The molecule has 128 valence electrons. The van der Waals surface area contributed by atoms with Crippen LogP contribution >= 0.6 is 0 Å². The summed E-state index contributed by atoms with van der Waals surface area (Å²) in [4.78, 5) is 28.5. The van der Waals surface area contributed by atoms with Crippen molar-refractivity contribution in [1.82, 2.24) is 24.9 Å². The highest BCUT2D eigenvalue weighted by molar-refractivity contribution is 5.82. The average molecular weight is 323 g/mol. The van der Waals surface area contributed by atoms with Crippen molar-refractivity contribution in [2.45, 2.75) is 19.0 Å². The second-order valence-electron chi connectivity index (χ2n) is 5.89. The van der Waals surface area contributed by atoms with E-state index < -0.39 is 6.04 Å². The number of hydrogen-bond acceptors (Lipinski definition) is 5. The van der Waals surface area contributed by atoms with Gasteiger partial charge in [-0.1, -0.05) is 0 Å². The van der Waals surface area contributed by atoms with Crippen molar-refractivity contribution in [2.24, 2.45) is 0 Å². The lowest BCUT2D eigenvalue weighted by Crippen LogP contribution is -2.47. The first kappa shape index (κ1) is 17.4. The summed E-state index contributed by atoms with van der Waals surface area (Å²) in [6, 6.07) is 1.36. The normalized spacial score (nSPS) is 17.2. The van der Waals surface area contributed by atoms with Crippen molar-refractivity contribution in [1.29, 1.82) is 0 Å². The highest BCUT2D eigenvalue weighted by atomic mass is 16.5. The van der Waals surface area contributed by atoms with Gasteiger partial charge in [0.15, 0.2) is 0 Å². The number of methoxy groups -OCH3 is 1. The third-order valence-electron chi connectivity index (χ3n) is 3.83. The average Bonchev–Trinajstić information content (AvgIpc) is 3.00. The molecule has 1 aliphatic rings. The monoisotopic (exact) mass is 323 g/mol. The van der Waals surface area contributed by atoms with Crippen molar-refractivity contribution in [3.8, 4) is 0 Å². The molecular weight excluding hydrogens is 298 g/mol. The van der Waals surface area contributed by atoms with E-state index in [0.717, 1.165) is 5.69 Å². The molecule has 0 aromatic carbocycles. The molecule has 1 aromatic rings. The topological polar surface area (TPSA) is 79.7 Å². The molecule has 0 fully saturated rings. The van der Waals surface area contributed by atoms with E-state index in [1.807, 2.05) is 25.1 Å². The maximum Gasteiger partial charge on any atom is 0.246 e. The summed E-state index contributed by atoms with van der Waals surface area (Å²) in [6.07, 6.45) is 2.11. The van der Waals surface area contributed by atoms with Crippen LogP contribution in [0.25, 0.3) is 0 Å². The number of aromatic nitrogens is 2. The van der Waals surface area contributed by atoms with E-state index in [1.54, 1.807) is 22.9 Å². The Bertz CT molecular complexity index is 543. The van der Waals surface area contributed by atoms with Gasteiger partial charge < -0.3 is 19.9 Å². The highest BCUT2D eigenvalue weighted by Crippen LogP contribution is 2.21. The molecule has 0 bridgehead atoms. The molecule has 23 heavy (non-hydrogen) atoms. The predicted octanol–water partition coefficient (Wildman–Crippen LogP) is -0.519. The highest BCUT2D eigenvalue weighted by Gasteiger charge is 2.32. The Morgan fingerprint density at radius 1 is 1.48 bits per heavy atom. The van der Waals surface area contributed by atoms with Crippen molar-refractivity contribution >= 4 is 11.8 Å². The second-order valence-corrected chi connectivity index (χ2v) is 5.89. The summed E-state index contributed by atoms with van der Waals surface area (Å²) in [7, 11) is 5.46. The van der Waals surface area contributed by atoms with Crippen LogP contribution in [0, 0.1) is 0 Å². The zero-order valence-corrected chi connectivity index (χ0v) is 14.0. The SMILES string of the molecule is COCCNC(=O)C1CN(C(=O)CCN(C)C)Cc2ccnn21. The van der Waals surface area contributed by atoms with Crippen molar-refractivity contribution in [3.05, 3.63) is 18.0 Å². The lowest BCUT2D eigenvalue weighted by Gasteiger charge is -2.33. The van der Waals surface area contributed by atoms with E-state index in [9.17, 15) is 9.59 Å². The Balaban J connectivity index is 2.04. The Morgan fingerprint density at radius 3 is 2.96 bits per heavy atom. The van der Waals surface area contributed by atoms with E-state index in [2.05, 4.69) is 10.4 Å². The maximum absolute atomic E-state index is 12.4. The summed E-state index contributed by atoms with van der Waals surface area (Å²) < 4.78 is 6.65. The van der Waals surface area contributed by atoms with Crippen LogP contribution in [0.4, 0.5) is 0 Å². The molecule has 0 aliphatic carbocycles. The summed E-state index contributed by atoms with van der Waals surface area (Å²) >= 11 is 0. The number of amides is 2. The van der Waals surface area contributed by atoms with Crippen molar-refractivity contribution < 1.29 is 14.3 Å². The van der Waals surface area contributed by atoms with Gasteiger partial charge in [0.25, 0.3) is 0 Å². The van der Waals surface area contributed by atoms with Crippen molar-refractivity contribution in [3.63, 3.8) is 0 Å². The lowest BCUT2D eigenvalue weighted by atomic mass is 10.1. The minimum atomic E-state index is -0.492. The quantitative estimate of drug-likeness (QED) is 0.683. The van der Waals surface area contributed by atoms with Crippen LogP contribution in [-0.2, 0) is 20.9 Å². The number of carbonyl (C=O) groups is 2. The van der Waals surface area contributed by atoms with Gasteiger partial charge in [0, 0.05) is 32.8 Å². The predicted molar refractivity (Wildman–Crippen MR) is 84.7 cm³/mol. The summed E-state index contributed by atoms with van der Waals surface area (Å²) in [6.45, 7) is 2.43. The molecule has 0 radical (unpaired) electrons. The van der Waals surface area contributed by atoms with E-state index in [4.69, 9.17) is 4.74 Å². The molecule has 8 nitrogen and oxygen atoms in total. The molecule has 1 aromatic heterocycles. The minimum Gasteiger partial charge on any atom is -0.383 e. The van der Waals surface area contributed by atoms with Crippen LogP contribution in [0.2, 0.25) is 0 Å². The molecule has 0 saturated carbocycles. The molecule has 8 heteroatoms. The van der Waals surface area contributed by atoms with Gasteiger partial charge in [0.1, 0.15) is 6.04 Å². The van der Waals surface area contributed by atoms with Gasteiger partial charge in [-0.3, -0.25) is 14.3 Å². The minimum absolute atomic E-state index is 0.0563. The van der Waals surface area contributed by atoms with E-state index in [-0.39, 0.29) is 11.8 Å². The number of ether oxygens (including phenoxy) is 1. The first-order valence-corrected chi connectivity index (χ1v) is 7.74. The van der Waals surface area contributed by atoms with Crippen molar-refractivity contribution in [2.75, 3.05) is 47.4 Å². The Labute approximate surface area is 136 Å². The van der Waals surface area contributed by atoms with Gasteiger partial charge in [0.2, 0.25) is 11.8 Å². The lowest BCUT2D eigenvalue weighted by molar-refractivity contribution is -0.135. The summed E-state index contributed by atoms with van der Waals surface area (Å²) in [5, 5.41) is 7.06. The number of carbonyl (C=O) groups excluding carboxylic acids is 2. The zero-order chi connectivity index (χ0) is 16.8. The van der Waals surface area contributed by atoms with Gasteiger partial charge in [0.05, 0.1) is 25.4 Å².